The van der Waals surface area contributed by atoms with Gasteiger partial charge in [0, 0.05) is 18.7 Å². The van der Waals surface area contributed by atoms with Gasteiger partial charge in [-0.25, -0.2) is 9.49 Å². The number of H-pyrrole nitrogens is 1. The molecule has 1 aromatic carbocycles. The lowest BCUT2D eigenvalue weighted by molar-refractivity contribution is -0.139. The van der Waals surface area contributed by atoms with Crippen LogP contribution in [0.25, 0.3) is 0 Å². The molecule has 0 radical (unpaired) electrons. The van der Waals surface area contributed by atoms with E-state index in [-0.39, 0.29) is 35.5 Å². The lowest BCUT2D eigenvalue weighted by atomic mass is 9.86. The molecule has 0 saturated heterocycles. The maximum atomic E-state index is 13.8. The molecule has 3 heterocycles. The largest absolute Gasteiger partial charge is 0.416 e. The molecule has 0 spiro atoms. The van der Waals surface area contributed by atoms with Crippen LogP contribution in [0, 0.1) is 11.7 Å². The molecule has 1 atom stereocenters. The van der Waals surface area contributed by atoms with Crippen molar-refractivity contribution in [2.75, 3.05) is 18.1 Å². The van der Waals surface area contributed by atoms with Crippen LogP contribution in [0.4, 0.5) is 23.2 Å². The van der Waals surface area contributed by atoms with Crippen molar-refractivity contribution in [1.82, 2.24) is 25.0 Å². The number of nitrogens with one attached hydrogen (secondary N) is 1. The molecular formula is C22H21ClF4N6O2. The minimum Gasteiger partial charge on any atom is -0.365 e. The molecule has 2 aromatic heterocycles. The van der Waals surface area contributed by atoms with E-state index in [9.17, 15) is 22.4 Å². The maximum Gasteiger partial charge on any atom is 0.416 e. The van der Waals surface area contributed by atoms with Crippen molar-refractivity contribution in [3.05, 3.63) is 68.4 Å². The first-order chi connectivity index (χ1) is 16.7. The molecule has 1 aliphatic heterocycles. The molecule has 0 amide bonds. The molecule has 0 bridgehead atoms. The highest BCUT2D eigenvalue weighted by Gasteiger charge is 2.39. The predicted molar refractivity (Wildman–Crippen MR) is 117 cm³/mol. The molecule has 2 aliphatic rings. The Balaban J connectivity index is 1.51. The van der Waals surface area contributed by atoms with Crippen molar-refractivity contribution in [3.8, 4) is 0 Å². The van der Waals surface area contributed by atoms with Crippen molar-refractivity contribution >= 4 is 17.3 Å². The van der Waals surface area contributed by atoms with Crippen molar-refractivity contribution in [3.63, 3.8) is 0 Å². The van der Waals surface area contributed by atoms with E-state index in [2.05, 4.69) is 20.4 Å². The Morgan fingerprint density at radius 1 is 1.23 bits per heavy atom. The standard InChI is InChI=1S/C22H21ClF4N6O2/c23-18-16(9-28-31-21(18)34)32-6-7-33-17(10-32)29-30-20(33)19(35-11-12-2-1-3-12)14-5-4-13(24)8-15(14)22(25,26)27/h4-5,8-9,12,19H,1-3,6-7,10-11H2,(H,31,34). The van der Waals surface area contributed by atoms with Crippen LogP contribution in [0.15, 0.2) is 29.2 Å². The Hall–Kier alpha value is -2.99. The molecule has 8 nitrogen and oxygen atoms in total. The molecule has 1 aliphatic carbocycles. The summed E-state index contributed by atoms with van der Waals surface area (Å²) in [6.07, 6.45) is -1.58. The third-order valence-corrected chi connectivity index (χ3v) is 6.83. The zero-order chi connectivity index (χ0) is 24.7. The van der Waals surface area contributed by atoms with Crippen molar-refractivity contribution in [1.29, 1.82) is 0 Å². The van der Waals surface area contributed by atoms with E-state index in [4.69, 9.17) is 16.3 Å². The maximum absolute atomic E-state index is 13.8. The minimum atomic E-state index is -4.78. The summed E-state index contributed by atoms with van der Waals surface area (Å²) in [6.45, 7) is 1.17. The summed E-state index contributed by atoms with van der Waals surface area (Å²) >= 11 is 6.13. The average Bonchev–Trinajstić information content (AvgIpc) is 3.20. The van der Waals surface area contributed by atoms with Crippen LogP contribution in [0.5, 0.6) is 0 Å². The molecule has 1 saturated carbocycles. The lowest BCUT2D eigenvalue weighted by Gasteiger charge is -2.32. The first kappa shape index (κ1) is 23.7. The number of alkyl halides is 3. The van der Waals surface area contributed by atoms with Gasteiger partial charge in [0.05, 0.1) is 30.6 Å². The molecule has 1 unspecified atom stereocenters. The zero-order valence-electron chi connectivity index (χ0n) is 18.4. The number of hydrogen-bond acceptors (Lipinski definition) is 6. The van der Waals surface area contributed by atoms with E-state index in [1.165, 1.54) is 6.20 Å². The number of ether oxygens (including phenoxy) is 1. The van der Waals surface area contributed by atoms with Crippen LogP contribution in [0.2, 0.25) is 5.02 Å². The van der Waals surface area contributed by atoms with Gasteiger partial charge in [-0.05, 0) is 30.9 Å². The fourth-order valence-corrected chi connectivity index (χ4v) is 4.58. The summed E-state index contributed by atoms with van der Waals surface area (Å²) in [5, 5.41) is 14.4. The first-order valence-electron chi connectivity index (χ1n) is 11.1. The van der Waals surface area contributed by atoms with Crippen LogP contribution < -0.4 is 10.5 Å². The third-order valence-electron chi connectivity index (χ3n) is 6.46. The number of benzene rings is 1. The predicted octanol–water partition coefficient (Wildman–Crippen LogP) is 4.10. The molecule has 13 heteroatoms. The second-order valence-corrected chi connectivity index (χ2v) is 9.06. The smallest absolute Gasteiger partial charge is 0.365 e. The van der Waals surface area contributed by atoms with Gasteiger partial charge in [-0.1, -0.05) is 24.1 Å². The van der Waals surface area contributed by atoms with Crippen LogP contribution in [0.3, 0.4) is 0 Å². The Labute approximate surface area is 201 Å². The lowest BCUT2D eigenvalue weighted by Crippen LogP contribution is -2.36. The number of anilines is 1. The fraction of sp³-hybridized carbons (Fsp3) is 0.455. The molecule has 186 valence electrons. The highest BCUT2D eigenvalue weighted by molar-refractivity contribution is 6.32. The second-order valence-electron chi connectivity index (χ2n) is 8.69. The summed E-state index contributed by atoms with van der Waals surface area (Å²) in [4.78, 5) is 13.6. The number of aromatic nitrogens is 5. The first-order valence-corrected chi connectivity index (χ1v) is 11.5. The van der Waals surface area contributed by atoms with Crippen LogP contribution in [0.1, 0.15) is 48.1 Å². The third kappa shape index (κ3) is 4.64. The molecular weight excluding hydrogens is 492 g/mol. The van der Waals surface area contributed by atoms with E-state index in [1.807, 2.05) is 0 Å². The van der Waals surface area contributed by atoms with E-state index in [0.29, 0.717) is 30.7 Å². The van der Waals surface area contributed by atoms with Crippen molar-refractivity contribution in [2.45, 2.75) is 44.6 Å². The zero-order valence-corrected chi connectivity index (χ0v) is 19.1. The topological polar surface area (TPSA) is 88.9 Å². The number of rotatable bonds is 6. The van der Waals surface area contributed by atoms with Crippen molar-refractivity contribution in [2.24, 2.45) is 5.92 Å². The van der Waals surface area contributed by atoms with Gasteiger partial charge in [-0.15, -0.1) is 10.2 Å². The van der Waals surface area contributed by atoms with E-state index in [1.54, 1.807) is 9.47 Å². The Morgan fingerprint density at radius 2 is 2.03 bits per heavy atom. The molecule has 1 fully saturated rings. The highest BCUT2D eigenvalue weighted by Crippen LogP contribution is 2.40. The highest BCUT2D eigenvalue weighted by atomic mass is 35.5. The fourth-order valence-electron chi connectivity index (χ4n) is 4.37. The molecule has 5 rings (SSSR count). The van der Waals surface area contributed by atoms with E-state index >= 15 is 0 Å². The van der Waals surface area contributed by atoms with Gasteiger partial charge in [0.2, 0.25) is 0 Å². The molecule has 3 aromatic rings. The number of aromatic amines is 1. The summed E-state index contributed by atoms with van der Waals surface area (Å²) < 4.78 is 63.0. The summed E-state index contributed by atoms with van der Waals surface area (Å²) in [7, 11) is 0. The number of hydrogen-bond donors (Lipinski definition) is 1. The number of nitrogens with zero attached hydrogens (tertiary/aromatic N) is 5. The molecule has 1 N–H and O–H groups in total. The van der Waals surface area contributed by atoms with Gasteiger partial charge in [0.1, 0.15) is 16.9 Å². The molecule has 35 heavy (non-hydrogen) atoms. The minimum absolute atomic E-state index is 0.0176. The number of fused-ring (bicyclic) bond motifs is 1. The quantitative estimate of drug-likeness (QED) is 0.500. The summed E-state index contributed by atoms with van der Waals surface area (Å²) in [5.41, 5.74) is -1.43. The van der Waals surface area contributed by atoms with E-state index in [0.717, 1.165) is 31.4 Å². The van der Waals surface area contributed by atoms with Gasteiger partial charge in [0.15, 0.2) is 11.6 Å². The normalized spacial score (nSPS) is 17.2. The number of halogens is 5. The average molecular weight is 513 g/mol. The van der Waals surface area contributed by atoms with Crippen molar-refractivity contribution < 1.29 is 22.3 Å². The van der Waals surface area contributed by atoms with Crippen LogP contribution in [-0.2, 0) is 24.0 Å². The van der Waals surface area contributed by atoms with Crippen LogP contribution in [-0.4, -0.2) is 38.1 Å². The van der Waals surface area contributed by atoms with Gasteiger partial charge >= 0.3 is 6.18 Å². The van der Waals surface area contributed by atoms with Gasteiger partial charge in [-0.3, -0.25) is 4.79 Å². The monoisotopic (exact) mass is 512 g/mol. The van der Waals surface area contributed by atoms with Gasteiger partial charge < -0.3 is 14.2 Å². The second kappa shape index (κ2) is 9.23. The SMILES string of the molecule is O=c1[nH]ncc(N2CCn3c(nnc3C(OCC3CCC3)c3ccc(F)cc3C(F)(F)F)C2)c1Cl. The van der Waals surface area contributed by atoms with Gasteiger partial charge in [-0.2, -0.15) is 18.3 Å². The van der Waals surface area contributed by atoms with Crippen LogP contribution >= 0.6 is 11.6 Å². The Bertz CT molecular complexity index is 1290. The summed E-state index contributed by atoms with van der Waals surface area (Å²) in [5.74, 6) is -0.0415. The summed E-state index contributed by atoms with van der Waals surface area (Å²) in [6, 6.07) is 2.57. The van der Waals surface area contributed by atoms with Gasteiger partial charge in [0.25, 0.3) is 5.56 Å². The Morgan fingerprint density at radius 3 is 2.74 bits per heavy atom. The van der Waals surface area contributed by atoms with E-state index < -0.39 is 29.2 Å². The Kier molecular flexibility index (Phi) is 6.26.